The molecular weight excluding hydrogens is 190 g/mol. The quantitative estimate of drug-likeness (QED) is 0.679. The van der Waals surface area contributed by atoms with E-state index in [2.05, 4.69) is 30.9 Å². The van der Waals surface area contributed by atoms with Crippen LogP contribution in [0.15, 0.2) is 6.33 Å². The predicted molar refractivity (Wildman–Crippen MR) is 56.9 cm³/mol. The van der Waals surface area contributed by atoms with Crippen LogP contribution >= 0.6 is 0 Å². The smallest absolute Gasteiger partial charge is 0.138 e. The largest absolute Gasteiger partial charge is 0.293 e. The Kier molecular flexibility index (Phi) is 3.33. The van der Waals surface area contributed by atoms with E-state index in [0.717, 1.165) is 45.1 Å². The summed E-state index contributed by atoms with van der Waals surface area (Å²) in [4.78, 5) is 8.75. The number of rotatable bonds is 3. The fraction of sp³-hybridized carbons (Fsp3) is 0.600. The molecule has 1 N–H and O–H groups in total. The van der Waals surface area contributed by atoms with Crippen LogP contribution in [0.3, 0.4) is 0 Å². The first-order chi connectivity index (χ1) is 7.38. The van der Waals surface area contributed by atoms with Crippen molar-refractivity contribution in [3.8, 4) is 12.3 Å². The lowest BCUT2D eigenvalue weighted by atomic mass is 10.3. The third kappa shape index (κ3) is 2.78. The van der Waals surface area contributed by atoms with Gasteiger partial charge >= 0.3 is 0 Å². The number of aromatic nitrogens is 3. The van der Waals surface area contributed by atoms with Gasteiger partial charge in [0.15, 0.2) is 0 Å². The van der Waals surface area contributed by atoms with E-state index in [1.165, 1.54) is 0 Å². The molecule has 1 fully saturated rings. The molecule has 5 nitrogen and oxygen atoms in total. The molecule has 1 aliphatic rings. The van der Waals surface area contributed by atoms with Crippen molar-refractivity contribution in [2.75, 3.05) is 32.7 Å². The van der Waals surface area contributed by atoms with Crippen LogP contribution in [0.25, 0.3) is 0 Å². The Hall–Kier alpha value is -1.38. The molecule has 0 aromatic carbocycles. The second-order valence-electron chi connectivity index (χ2n) is 3.69. The Morgan fingerprint density at radius 3 is 2.67 bits per heavy atom. The van der Waals surface area contributed by atoms with Crippen molar-refractivity contribution in [3.05, 3.63) is 12.2 Å². The summed E-state index contributed by atoms with van der Waals surface area (Å²) in [5, 5.41) is 6.70. The highest BCUT2D eigenvalue weighted by Gasteiger charge is 2.16. The average Bonchev–Trinajstić information content (AvgIpc) is 2.74. The Morgan fingerprint density at radius 1 is 1.33 bits per heavy atom. The van der Waals surface area contributed by atoms with Gasteiger partial charge in [-0.3, -0.25) is 14.9 Å². The van der Waals surface area contributed by atoms with Gasteiger partial charge < -0.3 is 0 Å². The van der Waals surface area contributed by atoms with Gasteiger partial charge in [-0.1, -0.05) is 5.92 Å². The van der Waals surface area contributed by atoms with E-state index in [-0.39, 0.29) is 0 Å². The Labute approximate surface area is 89.5 Å². The lowest BCUT2D eigenvalue weighted by Crippen LogP contribution is -2.45. The first kappa shape index (κ1) is 10.1. The van der Waals surface area contributed by atoms with E-state index in [0.29, 0.717) is 0 Å². The molecule has 1 aromatic heterocycles. The van der Waals surface area contributed by atoms with E-state index in [4.69, 9.17) is 6.42 Å². The number of H-pyrrole nitrogens is 1. The fourth-order valence-corrected chi connectivity index (χ4v) is 1.75. The molecule has 1 aromatic rings. The lowest BCUT2D eigenvalue weighted by molar-refractivity contribution is 0.136. The molecule has 0 atom stereocenters. The van der Waals surface area contributed by atoms with Gasteiger partial charge in [0, 0.05) is 26.2 Å². The van der Waals surface area contributed by atoms with Gasteiger partial charge in [0.05, 0.1) is 13.1 Å². The first-order valence-corrected chi connectivity index (χ1v) is 5.11. The molecule has 2 rings (SSSR count). The summed E-state index contributed by atoms with van der Waals surface area (Å²) < 4.78 is 0. The second kappa shape index (κ2) is 4.91. The van der Waals surface area contributed by atoms with E-state index < -0.39 is 0 Å². The normalized spacial score (nSPS) is 18.9. The zero-order valence-corrected chi connectivity index (χ0v) is 8.69. The molecular formula is C10H15N5. The van der Waals surface area contributed by atoms with Gasteiger partial charge in [-0.15, -0.1) is 6.42 Å². The minimum atomic E-state index is 0.760. The second-order valence-corrected chi connectivity index (χ2v) is 3.69. The van der Waals surface area contributed by atoms with E-state index in [1.807, 2.05) is 0 Å². The minimum Gasteiger partial charge on any atom is -0.293 e. The van der Waals surface area contributed by atoms with Crippen molar-refractivity contribution in [2.45, 2.75) is 6.54 Å². The predicted octanol–water partition coefficient (Wildman–Crippen LogP) is -0.444. The van der Waals surface area contributed by atoms with Crippen LogP contribution in [-0.4, -0.2) is 57.7 Å². The maximum absolute atomic E-state index is 5.28. The summed E-state index contributed by atoms with van der Waals surface area (Å²) in [5.41, 5.74) is 0. The summed E-state index contributed by atoms with van der Waals surface area (Å²) >= 11 is 0. The first-order valence-electron chi connectivity index (χ1n) is 5.11. The summed E-state index contributed by atoms with van der Waals surface area (Å²) in [6.07, 6.45) is 6.82. The minimum absolute atomic E-state index is 0.760. The number of nitrogens with one attached hydrogen (secondary N) is 1. The SMILES string of the molecule is C#CCN1CCN(Cc2ncn[nH]2)CC1. The van der Waals surface area contributed by atoms with Crippen LogP contribution in [0.5, 0.6) is 0 Å². The van der Waals surface area contributed by atoms with Crippen LogP contribution in [0.4, 0.5) is 0 Å². The molecule has 80 valence electrons. The molecule has 0 amide bonds. The van der Waals surface area contributed by atoms with Crippen molar-refractivity contribution in [1.82, 2.24) is 25.0 Å². The fourth-order valence-electron chi connectivity index (χ4n) is 1.75. The number of terminal acetylenes is 1. The number of aromatic amines is 1. The van der Waals surface area contributed by atoms with Crippen LogP contribution in [0.1, 0.15) is 5.82 Å². The average molecular weight is 205 g/mol. The third-order valence-electron chi connectivity index (χ3n) is 2.62. The molecule has 0 spiro atoms. The van der Waals surface area contributed by atoms with Gasteiger partial charge in [-0.05, 0) is 0 Å². The summed E-state index contributed by atoms with van der Waals surface area (Å²) in [7, 11) is 0. The number of piperazine rings is 1. The van der Waals surface area contributed by atoms with Gasteiger partial charge in [-0.25, -0.2) is 4.98 Å². The highest BCUT2D eigenvalue weighted by molar-refractivity contribution is 4.90. The van der Waals surface area contributed by atoms with Crippen molar-refractivity contribution in [2.24, 2.45) is 0 Å². The molecule has 0 bridgehead atoms. The standard InChI is InChI=1S/C10H15N5/c1-2-3-14-4-6-15(7-5-14)8-10-11-9-12-13-10/h1,9H,3-8H2,(H,11,12,13). The molecule has 0 aliphatic carbocycles. The van der Waals surface area contributed by atoms with E-state index in [1.54, 1.807) is 6.33 Å². The van der Waals surface area contributed by atoms with Gasteiger partial charge in [0.1, 0.15) is 12.2 Å². The van der Waals surface area contributed by atoms with Gasteiger partial charge in [-0.2, -0.15) is 5.10 Å². The summed E-state index contributed by atoms with van der Waals surface area (Å²) in [6.45, 7) is 5.78. The molecule has 1 saturated heterocycles. The summed E-state index contributed by atoms with van der Waals surface area (Å²) in [5.74, 6) is 3.61. The van der Waals surface area contributed by atoms with Crippen LogP contribution in [0.2, 0.25) is 0 Å². The van der Waals surface area contributed by atoms with Crippen LogP contribution in [0, 0.1) is 12.3 Å². The van der Waals surface area contributed by atoms with Crippen molar-refractivity contribution in [1.29, 1.82) is 0 Å². The van der Waals surface area contributed by atoms with Crippen molar-refractivity contribution < 1.29 is 0 Å². The third-order valence-corrected chi connectivity index (χ3v) is 2.62. The Balaban J connectivity index is 1.77. The molecule has 15 heavy (non-hydrogen) atoms. The number of hydrogen-bond donors (Lipinski definition) is 1. The van der Waals surface area contributed by atoms with Gasteiger partial charge in [0.2, 0.25) is 0 Å². The van der Waals surface area contributed by atoms with Crippen LogP contribution in [-0.2, 0) is 6.54 Å². The zero-order chi connectivity index (χ0) is 10.5. The van der Waals surface area contributed by atoms with Crippen molar-refractivity contribution >= 4 is 0 Å². The monoisotopic (exact) mass is 205 g/mol. The molecule has 0 unspecified atom stereocenters. The molecule has 5 heteroatoms. The zero-order valence-electron chi connectivity index (χ0n) is 8.69. The maximum Gasteiger partial charge on any atom is 0.138 e. The van der Waals surface area contributed by atoms with E-state index in [9.17, 15) is 0 Å². The molecule has 1 aliphatic heterocycles. The Morgan fingerprint density at radius 2 is 2.07 bits per heavy atom. The highest BCUT2D eigenvalue weighted by Crippen LogP contribution is 2.04. The number of nitrogens with zero attached hydrogens (tertiary/aromatic N) is 4. The number of hydrogen-bond acceptors (Lipinski definition) is 4. The van der Waals surface area contributed by atoms with Crippen LogP contribution < -0.4 is 0 Å². The Bertz CT molecular complexity index is 318. The lowest BCUT2D eigenvalue weighted by Gasteiger charge is -2.32. The topological polar surface area (TPSA) is 48.1 Å². The maximum atomic E-state index is 5.28. The van der Waals surface area contributed by atoms with E-state index >= 15 is 0 Å². The summed E-state index contributed by atoms with van der Waals surface area (Å²) in [6, 6.07) is 0. The van der Waals surface area contributed by atoms with Gasteiger partial charge in [0.25, 0.3) is 0 Å². The molecule has 0 saturated carbocycles. The molecule has 0 radical (unpaired) electrons. The van der Waals surface area contributed by atoms with Crippen molar-refractivity contribution in [3.63, 3.8) is 0 Å². The highest BCUT2D eigenvalue weighted by atomic mass is 15.3. The molecule has 2 heterocycles.